The molecule has 4 fully saturated rings. The fourth-order valence-corrected chi connectivity index (χ4v) is 7.69. The van der Waals surface area contributed by atoms with Crippen molar-refractivity contribution in [3.63, 3.8) is 0 Å². The number of primary amides is 1. The number of esters is 1. The lowest BCUT2D eigenvalue weighted by Gasteiger charge is -2.36. The first-order valence-corrected chi connectivity index (χ1v) is 17.0. The Labute approximate surface area is 273 Å². The number of nitrogens with two attached hydrogens (primary N) is 1. The van der Waals surface area contributed by atoms with Crippen LogP contribution in [-0.4, -0.2) is 76.7 Å². The van der Waals surface area contributed by atoms with E-state index in [1.54, 1.807) is 25.7 Å². The van der Waals surface area contributed by atoms with Crippen LogP contribution in [0.5, 0.6) is 0 Å². The molecule has 1 heterocycles. The van der Waals surface area contributed by atoms with Crippen molar-refractivity contribution in [1.29, 1.82) is 0 Å². The molecule has 6 atom stereocenters. The zero-order valence-electron chi connectivity index (χ0n) is 28.9. The molecule has 0 aromatic carbocycles. The number of ether oxygens (including phenoxy) is 1. The Kier molecular flexibility index (Phi) is 10.2. The van der Waals surface area contributed by atoms with Crippen LogP contribution in [0.4, 0.5) is 4.79 Å². The summed E-state index contributed by atoms with van der Waals surface area (Å²) >= 11 is 0. The van der Waals surface area contributed by atoms with Gasteiger partial charge in [0.15, 0.2) is 0 Å². The lowest BCUT2D eigenvalue weighted by atomic mass is 9.80. The predicted molar refractivity (Wildman–Crippen MR) is 171 cm³/mol. The molecule has 0 bridgehead atoms. The third-order valence-corrected chi connectivity index (χ3v) is 10.6. The normalized spacial score (nSPS) is 26.2. The van der Waals surface area contributed by atoms with E-state index in [4.69, 9.17) is 10.5 Å². The van der Waals surface area contributed by atoms with E-state index in [9.17, 15) is 28.8 Å². The van der Waals surface area contributed by atoms with Crippen molar-refractivity contribution in [3.05, 3.63) is 0 Å². The van der Waals surface area contributed by atoms with Crippen LogP contribution in [0.3, 0.4) is 0 Å². The van der Waals surface area contributed by atoms with Gasteiger partial charge in [0.2, 0.25) is 17.6 Å². The molecule has 3 aliphatic carbocycles. The molecule has 0 aromatic heterocycles. The molecule has 12 nitrogen and oxygen atoms in total. The molecule has 1 aliphatic heterocycles. The zero-order chi connectivity index (χ0) is 34.4. The number of fused-ring (bicyclic) bond motifs is 1. The third-order valence-electron chi connectivity index (χ3n) is 10.6. The third kappa shape index (κ3) is 7.85. The summed E-state index contributed by atoms with van der Waals surface area (Å²) in [7, 11) is 0. The smallest absolute Gasteiger partial charge is 0.329 e. The molecule has 0 aromatic rings. The fraction of sp³-hybridized carbons (Fsp3) is 0.824. The summed E-state index contributed by atoms with van der Waals surface area (Å²) in [6, 6.07) is -4.43. The minimum atomic E-state index is -1.09. The number of nitrogens with zero attached hydrogens (tertiary/aromatic N) is 1. The number of Topliss-reactive ketones (excluding diaryl/α,β-unsaturated/α-hetero) is 1. The van der Waals surface area contributed by atoms with Crippen LogP contribution < -0.4 is 21.7 Å². The Morgan fingerprint density at radius 2 is 1.50 bits per heavy atom. The van der Waals surface area contributed by atoms with E-state index >= 15 is 0 Å². The zero-order valence-corrected chi connectivity index (χ0v) is 28.9. The molecule has 4 aliphatic rings. The minimum Gasteiger partial charge on any atom is -0.458 e. The van der Waals surface area contributed by atoms with Crippen molar-refractivity contribution in [1.82, 2.24) is 20.9 Å². The molecular weight excluding hydrogens is 590 g/mol. The number of amides is 5. The Bertz CT molecular complexity index is 1230. The average molecular weight is 646 g/mol. The first kappa shape index (κ1) is 35.7. The fourth-order valence-electron chi connectivity index (χ4n) is 7.69. The molecule has 3 saturated carbocycles. The molecule has 4 rings (SSSR count). The molecule has 46 heavy (non-hydrogen) atoms. The van der Waals surface area contributed by atoms with E-state index in [2.05, 4.69) is 29.8 Å². The molecule has 5 N–H and O–H groups in total. The SMILES string of the molecule is CC(C)(C)OC(=O)[C@@H](NC(=O)N[C@H](C(=O)N1C[C@H]2[C@@H]([C@H]1C(=O)NC(CC1CCC1)C(=O)C(N)=O)C2(C)C)C1CCCC1)C(C)(C)C. The lowest BCUT2D eigenvalue weighted by molar-refractivity contribution is -0.160. The molecule has 258 valence electrons. The quantitative estimate of drug-likeness (QED) is 0.197. The number of carbonyl (C=O) groups excluding carboxylic acids is 6. The minimum absolute atomic E-state index is 0.0830. The lowest BCUT2D eigenvalue weighted by Crippen LogP contribution is -2.61. The Morgan fingerprint density at radius 3 is 2.00 bits per heavy atom. The van der Waals surface area contributed by atoms with Gasteiger partial charge in [-0.3, -0.25) is 19.2 Å². The van der Waals surface area contributed by atoms with Gasteiger partial charge in [0.1, 0.15) is 23.7 Å². The summed E-state index contributed by atoms with van der Waals surface area (Å²) in [5.41, 5.74) is 3.74. The highest BCUT2D eigenvalue weighted by Crippen LogP contribution is 2.65. The number of ketones is 1. The van der Waals surface area contributed by atoms with Crippen LogP contribution >= 0.6 is 0 Å². The van der Waals surface area contributed by atoms with E-state index in [1.807, 2.05) is 20.8 Å². The molecule has 0 spiro atoms. The number of carbonyl (C=O) groups is 6. The van der Waals surface area contributed by atoms with Crippen LogP contribution in [-0.2, 0) is 28.7 Å². The van der Waals surface area contributed by atoms with Gasteiger partial charge in [-0.15, -0.1) is 0 Å². The topological polar surface area (TPSA) is 177 Å². The van der Waals surface area contributed by atoms with Crippen LogP contribution in [0.2, 0.25) is 0 Å². The molecule has 5 amide bonds. The van der Waals surface area contributed by atoms with E-state index in [0.29, 0.717) is 13.0 Å². The number of likely N-dealkylation sites (tertiary alicyclic amines) is 1. The van der Waals surface area contributed by atoms with Crippen molar-refractivity contribution in [3.8, 4) is 0 Å². The highest BCUT2D eigenvalue weighted by atomic mass is 16.6. The van der Waals surface area contributed by atoms with Gasteiger partial charge < -0.3 is 31.3 Å². The number of piperidine rings is 1. The summed E-state index contributed by atoms with van der Waals surface area (Å²) in [5.74, 6) is -3.27. The highest BCUT2D eigenvalue weighted by molar-refractivity contribution is 6.37. The Balaban J connectivity index is 1.55. The number of hydrogen-bond donors (Lipinski definition) is 4. The Hall–Kier alpha value is -3.18. The van der Waals surface area contributed by atoms with Gasteiger partial charge in [0, 0.05) is 6.54 Å². The number of hydrogen-bond acceptors (Lipinski definition) is 7. The maximum Gasteiger partial charge on any atom is 0.329 e. The van der Waals surface area contributed by atoms with Gasteiger partial charge in [-0.05, 0) is 74.5 Å². The van der Waals surface area contributed by atoms with E-state index in [1.165, 1.54) is 0 Å². The van der Waals surface area contributed by atoms with Crippen molar-refractivity contribution < 1.29 is 33.5 Å². The van der Waals surface area contributed by atoms with Gasteiger partial charge >= 0.3 is 12.0 Å². The first-order valence-electron chi connectivity index (χ1n) is 17.0. The number of urea groups is 1. The standard InChI is InChI=1S/C34H55N5O7/c1-32(2,3)26(30(44)46-33(4,5)6)38-31(45)37-23(19-14-9-10-15-19)29(43)39-17-20-22(34(20,7)8)24(39)28(42)36-21(25(40)27(35)41)16-18-12-11-13-18/h18-24,26H,9-17H2,1-8H3,(H2,35,41)(H,36,42)(H2,37,38,45)/t20-,21?,22-,23-,24-,26+/m0/s1. The van der Waals surface area contributed by atoms with Crippen molar-refractivity contribution in [2.45, 2.75) is 137 Å². The molecular formula is C34H55N5O7. The van der Waals surface area contributed by atoms with Crippen LogP contribution in [0.25, 0.3) is 0 Å². The van der Waals surface area contributed by atoms with Crippen molar-refractivity contribution in [2.75, 3.05) is 6.54 Å². The average Bonchev–Trinajstić information content (AvgIpc) is 3.35. The van der Waals surface area contributed by atoms with E-state index in [-0.39, 0.29) is 35.0 Å². The summed E-state index contributed by atoms with van der Waals surface area (Å²) < 4.78 is 5.58. The molecule has 12 heteroatoms. The monoisotopic (exact) mass is 645 g/mol. The van der Waals surface area contributed by atoms with Gasteiger partial charge in [-0.2, -0.15) is 0 Å². The summed E-state index contributed by atoms with van der Waals surface area (Å²) in [6.07, 6.45) is 6.54. The summed E-state index contributed by atoms with van der Waals surface area (Å²) in [6.45, 7) is 15.2. The highest BCUT2D eigenvalue weighted by Gasteiger charge is 2.69. The summed E-state index contributed by atoms with van der Waals surface area (Å²) in [5, 5.41) is 8.46. The van der Waals surface area contributed by atoms with Gasteiger partial charge in [0.25, 0.3) is 5.91 Å². The molecule has 1 saturated heterocycles. The van der Waals surface area contributed by atoms with Crippen molar-refractivity contribution in [2.24, 2.45) is 40.2 Å². The number of nitrogens with one attached hydrogen (secondary N) is 3. The van der Waals surface area contributed by atoms with Gasteiger partial charge in [0.05, 0.1) is 6.04 Å². The van der Waals surface area contributed by atoms with Crippen LogP contribution in [0.1, 0.15) is 107 Å². The molecule has 1 unspecified atom stereocenters. The number of rotatable bonds is 11. The maximum absolute atomic E-state index is 14.4. The maximum atomic E-state index is 14.4. The largest absolute Gasteiger partial charge is 0.458 e. The predicted octanol–water partition coefficient (Wildman–Crippen LogP) is 2.81. The van der Waals surface area contributed by atoms with E-state index < -0.39 is 64.8 Å². The van der Waals surface area contributed by atoms with Crippen LogP contribution in [0, 0.1) is 34.5 Å². The van der Waals surface area contributed by atoms with Gasteiger partial charge in [-0.25, -0.2) is 9.59 Å². The van der Waals surface area contributed by atoms with Crippen molar-refractivity contribution >= 4 is 35.5 Å². The van der Waals surface area contributed by atoms with Crippen LogP contribution in [0.15, 0.2) is 0 Å². The van der Waals surface area contributed by atoms with Gasteiger partial charge in [-0.1, -0.05) is 66.7 Å². The Morgan fingerprint density at radius 1 is 0.891 bits per heavy atom. The van der Waals surface area contributed by atoms with E-state index in [0.717, 1.165) is 44.9 Å². The second-order valence-corrected chi connectivity index (χ2v) is 16.7. The first-order chi connectivity index (χ1) is 21.2. The summed E-state index contributed by atoms with van der Waals surface area (Å²) in [4.78, 5) is 81.1. The second-order valence-electron chi connectivity index (χ2n) is 16.7. The second kappa shape index (κ2) is 13.1. The molecule has 0 radical (unpaired) electrons.